The van der Waals surface area contributed by atoms with E-state index in [0.29, 0.717) is 11.5 Å². The summed E-state index contributed by atoms with van der Waals surface area (Å²) in [6.07, 6.45) is 6.52. The third-order valence-corrected chi connectivity index (χ3v) is 8.53. The molecule has 0 aromatic heterocycles. The zero-order valence-electron chi connectivity index (χ0n) is 21.6. The fourth-order valence-electron chi connectivity index (χ4n) is 6.56. The van der Waals surface area contributed by atoms with Gasteiger partial charge in [0.05, 0.1) is 6.61 Å². The zero-order chi connectivity index (χ0) is 25.2. The number of aliphatic hydroxyl groups excluding tert-OH is 1. The number of hydrogen-bond donors (Lipinski definition) is 1. The normalized spacial score (nSPS) is 25.0. The highest BCUT2D eigenvalue weighted by Gasteiger charge is 2.49. The van der Waals surface area contributed by atoms with Crippen molar-refractivity contribution in [1.82, 2.24) is 14.7 Å². The Labute approximate surface area is 214 Å². The minimum Gasteiger partial charge on any atom is -0.395 e. The van der Waals surface area contributed by atoms with Crippen molar-refractivity contribution >= 4 is 11.8 Å². The van der Waals surface area contributed by atoms with Crippen molar-refractivity contribution in [1.29, 1.82) is 0 Å². The van der Waals surface area contributed by atoms with Crippen molar-refractivity contribution in [2.24, 2.45) is 5.92 Å². The molecule has 36 heavy (non-hydrogen) atoms. The van der Waals surface area contributed by atoms with Crippen LogP contribution in [0.25, 0.3) is 11.1 Å². The van der Waals surface area contributed by atoms with Gasteiger partial charge in [0, 0.05) is 56.7 Å². The Morgan fingerprint density at radius 2 is 1.67 bits per heavy atom. The highest BCUT2D eigenvalue weighted by Crippen LogP contribution is 2.42. The Hall–Kier alpha value is -2.70. The van der Waals surface area contributed by atoms with Gasteiger partial charge < -0.3 is 14.9 Å². The maximum Gasteiger partial charge on any atom is 0.253 e. The molecule has 3 atom stereocenters. The molecule has 5 rings (SSSR count). The monoisotopic (exact) mass is 489 g/mol. The van der Waals surface area contributed by atoms with Crippen LogP contribution in [-0.2, 0) is 4.79 Å². The van der Waals surface area contributed by atoms with E-state index in [1.165, 1.54) is 18.4 Å². The number of hydrogen-bond acceptors (Lipinski definition) is 4. The molecule has 2 aromatic rings. The summed E-state index contributed by atoms with van der Waals surface area (Å²) in [5.41, 5.74) is 3.98. The molecule has 0 radical (unpaired) electrons. The Morgan fingerprint density at radius 1 is 0.944 bits per heavy atom. The van der Waals surface area contributed by atoms with Crippen molar-refractivity contribution < 1.29 is 14.7 Å². The molecule has 1 N–H and O–H groups in total. The first-order valence-electron chi connectivity index (χ1n) is 13.6. The molecule has 192 valence electrons. The summed E-state index contributed by atoms with van der Waals surface area (Å²) in [4.78, 5) is 31.8. The van der Waals surface area contributed by atoms with E-state index in [1.54, 1.807) is 19.0 Å². The number of benzene rings is 2. The summed E-state index contributed by atoms with van der Waals surface area (Å²) in [5.74, 6) is 0.764. The van der Waals surface area contributed by atoms with Crippen LogP contribution in [0.2, 0.25) is 0 Å². The maximum absolute atomic E-state index is 13.3. The quantitative estimate of drug-likeness (QED) is 0.690. The van der Waals surface area contributed by atoms with Crippen LogP contribution in [0, 0.1) is 5.92 Å². The number of carbonyl (C=O) groups excluding carboxylic acids is 2. The lowest BCUT2D eigenvalue weighted by atomic mass is 9.74. The SMILES string of the molecule is CN(C)C(=O)c1cccc(-c2ccc([C@@H]3[C@@H](CO)N4CCCCN(C(=O)C5CCCC5)C[C@H]34)cc2)c1. The number of carbonyl (C=O) groups is 2. The Kier molecular flexibility index (Phi) is 7.44. The van der Waals surface area contributed by atoms with Crippen LogP contribution in [0.5, 0.6) is 0 Å². The van der Waals surface area contributed by atoms with Gasteiger partial charge in [-0.15, -0.1) is 0 Å². The van der Waals surface area contributed by atoms with E-state index in [9.17, 15) is 14.7 Å². The summed E-state index contributed by atoms with van der Waals surface area (Å²) < 4.78 is 0. The molecule has 3 fully saturated rings. The zero-order valence-corrected chi connectivity index (χ0v) is 21.6. The molecular formula is C30H39N3O3. The molecule has 0 spiro atoms. The second-order valence-corrected chi connectivity index (χ2v) is 11.0. The van der Waals surface area contributed by atoms with E-state index < -0.39 is 0 Å². The summed E-state index contributed by atoms with van der Waals surface area (Å²) in [6, 6.07) is 16.7. The fourth-order valence-corrected chi connectivity index (χ4v) is 6.56. The molecule has 2 heterocycles. The highest BCUT2D eigenvalue weighted by atomic mass is 16.3. The van der Waals surface area contributed by atoms with Crippen molar-refractivity contribution in [3.05, 3.63) is 59.7 Å². The van der Waals surface area contributed by atoms with Crippen molar-refractivity contribution in [3.8, 4) is 11.1 Å². The molecule has 1 saturated carbocycles. The van der Waals surface area contributed by atoms with Gasteiger partial charge in [-0.05, 0) is 61.1 Å². The number of rotatable bonds is 5. The smallest absolute Gasteiger partial charge is 0.253 e. The fraction of sp³-hybridized carbons (Fsp3) is 0.533. The largest absolute Gasteiger partial charge is 0.395 e. The number of fused-ring (bicyclic) bond motifs is 1. The van der Waals surface area contributed by atoms with Crippen LogP contribution >= 0.6 is 0 Å². The van der Waals surface area contributed by atoms with Crippen LogP contribution in [0.3, 0.4) is 0 Å². The summed E-state index contributed by atoms with van der Waals surface area (Å²) in [7, 11) is 3.53. The van der Waals surface area contributed by atoms with E-state index in [1.807, 2.05) is 24.3 Å². The van der Waals surface area contributed by atoms with E-state index in [4.69, 9.17) is 0 Å². The second-order valence-electron chi connectivity index (χ2n) is 11.0. The Morgan fingerprint density at radius 3 is 2.36 bits per heavy atom. The summed E-state index contributed by atoms with van der Waals surface area (Å²) in [6.45, 7) is 2.74. The van der Waals surface area contributed by atoms with Gasteiger partial charge in [-0.2, -0.15) is 0 Å². The first kappa shape index (κ1) is 25.0. The first-order valence-corrected chi connectivity index (χ1v) is 13.6. The molecule has 2 aliphatic heterocycles. The number of amides is 2. The predicted molar refractivity (Wildman–Crippen MR) is 142 cm³/mol. The predicted octanol–water partition coefficient (Wildman–Crippen LogP) is 4.00. The lowest BCUT2D eigenvalue weighted by molar-refractivity contribution is -0.140. The number of aliphatic hydroxyl groups is 1. The van der Waals surface area contributed by atoms with Crippen molar-refractivity contribution in [3.63, 3.8) is 0 Å². The van der Waals surface area contributed by atoms with Crippen molar-refractivity contribution in [2.75, 3.05) is 40.3 Å². The Balaban J connectivity index is 1.36. The van der Waals surface area contributed by atoms with Gasteiger partial charge in [-0.3, -0.25) is 14.5 Å². The second kappa shape index (κ2) is 10.7. The molecule has 1 aliphatic carbocycles. The average molecular weight is 490 g/mol. The van der Waals surface area contributed by atoms with E-state index in [-0.39, 0.29) is 36.4 Å². The van der Waals surface area contributed by atoms with Crippen LogP contribution in [0.15, 0.2) is 48.5 Å². The van der Waals surface area contributed by atoms with E-state index in [0.717, 1.165) is 56.4 Å². The highest BCUT2D eigenvalue weighted by molar-refractivity contribution is 5.95. The molecule has 6 nitrogen and oxygen atoms in total. The topological polar surface area (TPSA) is 64.1 Å². The van der Waals surface area contributed by atoms with Gasteiger partial charge in [0.25, 0.3) is 5.91 Å². The Bertz CT molecular complexity index is 1080. The molecule has 3 aliphatic rings. The number of nitrogens with zero attached hydrogens (tertiary/aromatic N) is 3. The van der Waals surface area contributed by atoms with Crippen LogP contribution < -0.4 is 0 Å². The molecule has 0 bridgehead atoms. The minimum absolute atomic E-state index is 0.00481. The molecule has 6 heteroatoms. The van der Waals surface area contributed by atoms with Gasteiger partial charge in [-0.1, -0.05) is 49.2 Å². The summed E-state index contributed by atoms with van der Waals surface area (Å²) in [5, 5.41) is 10.3. The van der Waals surface area contributed by atoms with E-state index >= 15 is 0 Å². The van der Waals surface area contributed by atoms with Gasteiger partial charge in [0.15, 0.2) is 0 Å². The van der Waals surface area contributed by atoms with Crippen LogP contribution in [0.4, 0.5) is 0 Å². The lowest BCUT2D eigenvalue weighted by Gasteiger charge is -2.57. The van der Waals surface area contributed by atoms with Crippen LogP contribution in [0.1, 0.15) is 60.4 Å². The minimum atomic E-state index is -0.00481. The molecule has 2 amide bonds. The van der Waals surface area contributed by atoms with Crippen LogP contribution in [-0.4, -0.2) is 84.0 Å². The average Bonchev–Trinajstić information content (AvgIpc) is 3.42. The molecule has 2 saturated heterocycles. The third kappa shape index (κ3) is 4.81. The lowest BCUT2D eigenvalue weighted by Crippen LogP contribution is -2.68. The first-order chi connectivity index (χ1) is 17.5. The standard InChI is InChI=1S/C30H39N3O3/c1-31(2)29(35)25-11-7-10-24(18-25)21-12-14-22(15-13-21)28-26-19-32(30(36)23-8-3-4-9-23)16-5-6-17-33(26)27(28)20-34/h7,10-15,18,23,26-28,34H,3-6,8-9,16-17,19-20H2,1-2H3/t26-,27-,28+/m1/s1. The van der Waals surface area contributed by atoms with E-state index in [2.05, 4.69) is 34.1 Å². The van der Waals surface area contributed by atoms with Gasteiger partial charge in [0.1, 0.15) is 0 Å². The molecule has 2 aromatic carbocycles. The summed E-state index contributed by atoms with van der Waals surface area (Å²) >= 11 is 0. The molecular weight excluding hydrogens is 450 g/mol. The van der Waals surface area contributed by atoms with Crippen molar-refractivity contribution in [2.45, 2.75) is 56.5 Å². The van der Waals surface area contributed by atoms with Gasteiger partial charge in [0.2, 0.25) is 5.91 Å². The van der Waals surface area contributed by atoms with Gasteiger partial charge >= 0.3 is 0 Å². The third-order valence-electron chi connectivity index (χ3n) is 8.53. The maximum atomic E-state index is 13.3. The van der Waals surface area contributed by atoms with Gasteiger partial charge in [-0.25, -0.2) is 0 Å². The molecule has 0 unspecified atom stereocenters.